The molecule has 0 saturated heterocycles. The van der Waals surface area contributed by atoms with Crippen LogP contribution in [0, 0.1) is 6.92 Å². The van der Waals surface area contributed by atoms with Crippen LogP contribution >= 0.6 is 0 Å². The van der Waals surface area contributed by atoms with Crippen LogP contribution in [0.25, 0.3) is 22.4 Å². The third-order valence-corrected chi connectivity index (χ3v) is 3.49. The number of hydrogen-bond acceptors (Lipinski definition) is 1. The Morgan fingerprint density at radius 2 is 1.74 bits per heavy atom. The lowest BCUT2D eigenvalue weighted by atomic mass is 10.0. The Hall–Kier alpha value is -2.09. The fourth-order valence-corrected chi connectivity index (χ4v) is 2.29. The Kier molecular flexibility index (Phi) is 2.86. The van der Waals surface area contributed by atoms with Crippen molar-refractivity contribution in [2.45, 2.75) is 26.7 Å². The average Bonchev–Trinajstić information content (AvgIpc) is 2.81. The van der Waals surface area contributed by atoms with Crippen molar-refractivity contribution in [2.24, 2.45) is 0 Å². The fraction of sp³-hybridized carbons (Fsp3) is 0.235. The lowest BCUT2D eigenvalue weighted by Crippen LogP contribution is -1.87. The molecule has 96 valence electrons. The Morgan fingerprint density at radius 3 is 2.42 bits per heavy atom. The smallest absolute Gasteiger partial charge is 0.138 e. The van der Waals surface area contributed by atoms with Gasteiger partial charge in [-0.05, 0) is 36.1 Å². The van der Waals surface area contributed by atoms with E-state index in [9.17, 15) is 0 Å². The number of nitrogens with one attached hydrogen (secondary N) is 1. The van der Waals surface area contributed by atoms with Gasteiger partial charge in [0.1, 0.15) is 5.82 Å². The van der Waals surface area contributed by atoms with Crippen molar-refractivity contribution in [1.82, 2.24) is 9.97 Å². The summed E-state index contributed by atoms with van der Waals surface area (Å²) in [6.45, 7) is 6.51. The van der Waals surface area contributed by atoms with E-state index in [1.165, 1.54) is 11.1 Å². The Morgan fingerprint density at radius 1 is 1.00 bits per heavy atom. The highest BCUT2D eigenvalue weighted by molar-refractivity contribution is 5.80. The molecule has 2 nitrogen and oxygen atoms in total. The molecule has 1 N–H and O–H groups in total. The number of imidazole rings is 1. The number of aryl methyl sites for hydroxylation is 1. The van der Waals surface area contributed by atoms with E-state index in [1.807, 2.05) is 0 Å². The first-order valence-electron chi connectivity index (χ1n) is 6.70. The lowest BCUT2D eigenvalue weighted by molar-refractivity contribution is 0.867. The summed E-state index contributed by atoms with van der Waals surface area (Å²) in [5.74, 6) is 1.50. The highest BCUT2D eigenvalue weighted by atomic mass is 14.9. The van der Waals surface area contributed by atoms with E-state index < -0.39 is 0 Å². The number of H-pyrrole nitrogens is 1. The van der Waals surface area contributed by atoms with Crippen molar-refractivity contribution >= 4 is 11.0 Å². The quantitative estimate of drug-likeness (QED) is 0.704. The zero-order valence-corrected chi connectivity index (χ0v) is 11.6. The SMILES string of the molecule is Cc1ccc2nc(-c3ccc(C(C)C)cc3)[nH]c2c1. The molecule has 0 spiro atoms. The average molecular weight is 250 g/mol. The molecule has 3 rings (SSSR count). The van der Waals surface area contributed by atoms with Gasteiger partial charge in [-0.25, -0.2) is 4.98 Å². The van der Waals surface area contributed by atoms with Crippen LogP contribution in [0.1, 0.15) is 30.9 Å². The third kappa shape index (κ3) is 2.26. The van der Waals surface area contributed by atoms with Crippen LogP contribution in [0.15, 0.2) is 42.5 Å². The molecule has 19 heavy (non-hydrogen) atoms. The zero-order chi connectivity index (χ0) is 13.4. The highest BCUT2D eigenvalue weighted by Gasteiger charge is 2.06. The molecule has 0 atom stereocenters. The maximum absolute atomic E-state index is 4.64. The van der Waals surface area contributed by atoms with Gasteiger partial charge in [-0.15, -0.1) is 0 Å². The number of nitrogens with zero attached hydrogens (tertiary/aromatic N) is 1. The topological polar surface area (TPSA) is 28.7 Å². The van der Waals surface area contributed by atoms with Crippen molar-refractivity contribution in [3.8, 4) is 11.4 Å². The maximum Gasteiger partial charge on any atom is 0.138 e. The lowest BCUT2D eigenvalue weighted by Gasteiger charge is -2.05. The second-order valence-corrected chi connectivity index (χ2v) is 5.38. The van der Waals surface area contributed by atoms with E-state index in [1.54, 1.807) is 0 Å². The molecule has 1 heterocycles. The van der Waals surface area contributed by atoms with Gasteiger partial charge in [-0.1, -0.05) is 44.2 Å². The monoisotopic (exact) mass is 250 g/mol. The van der Waals surface area contributed by atoms with Crippen LogP contribution in [-0.2, 0) is 0 Å². The normalized spacial score (nSPS) is 11.4. The van der Waals surface area contributed by atoms with Crippen molar-refractivity contribution in [2.75, 3.05) is 0 Å². The van der Waals surface area contributed by atoms with Crippen molar-refractivity contribution in [1.29, 1.82) is 0 Å². The zero-order valence-electron chi connectivity index (χ0n) is 11.6. The summed E-state index contributed by atoms with van der Waals surface area (Å²) in [6, 6.07) is 14.9. The minimum absolute atomic E-state index is 0.562. The minimum atomic E-state index is 0.562. The summed E-state index contributed by atoms with van der Waals surface area (Å²) in [5, 5.41) is 0. The first-order valence-corrected chi connectivity index (χ1v) is 6.70. The molecule has 0 aliphatic rings. The molecule has 0 amide bonds. The summed E-state index contributed by atoms with van der Waals surface area (Å²) in [6.07, 6.45) is 0. The highest BCUT2D eigenvalue weighted by Crippen LogP contribution is 2.23. The van der Waals surface area contributed by atoms with Crippen LogP contribution < -0.4 is 0 Å². The van der Waals surface area contributed by atoms with E-state index in [-0.39, 0.29) is 0 Å². The second-order valence-electron chi connectivity index (χ2n) is 5.38. The van der Waals surface area contributed by atoms with Gasteiger partial charge in [0.05, 0.1) is 11.0 Å². The molecule has 0 fully saturated rings. The molecule has 1 aromatic heterocycles. The van der Waals surface area contributed by atoms with Gasteiger partial charge in [0, 0.05) is 5.56 Å². The van der Waals surface area contributed by atoms with Crippen molar-refractivity contribution in [3.05, 3.63) is 53.6 Å². The Bertz CT molecular complexity index is 706. The molecule has 2 heteroatoms. The van der Waals surface area contributed by atoms with Crippen LogP contribution in [0.4, 0.5) is 0 Å². The fourth-order valence-electron chi connectivity index (χ4n) is 2.29. The van der Waals surface area contributed by atoms with Crippen molar-refractivity contribution < 1.29 is 0 Å². The Balaban J connectivity index is 2.03. The molecule has 2 aromatic carbocycles. The molecule has 0 radical (unpaired) electrons. The predicted molar refractivity (Wildman–Crippen MR) is 80.4 cm³/mol. The first-order chi connectivity index (χ1) is 9.13. The summed E-state index contributed by atoms with van der Waals surface area (Å²) in [5.41, 5.74) is 5.86. The largest absolute Gasteiger partial charge is 0.338 e. The molecule has 0 bridgehead atoms. The first kappa shape index (κ1) is 12.0. The standard InChI is InChI=1S/C17H18N2/c1-11(2)13-5-7-14(8-6-13)17-18-15-9-4-12(3)10-16(15)19-17/h4-11H,1-3H3,(H,18,19). The molecule has 0 unspecified atom stereocenters. The summed E-state index contributed by atoms with van der Waals surface area (Å²) in [7, 11) is 0. The summed E-state index contributed by atoms with van der Waals surface area (Å²) >= 11 is 0. The molecule has 0 aliphatic carbocycles. The van der Waals surface area contributed by atoms with E-state index in [4.69, 9.17) is 0 Å². The van der Waals surface area contributed by atoms with Gasteiger partial charge in [0.15, 0.2) is 0 Å². The molecule has 3 aromatic rings. The number of fused-ring (bicyclic) bond motifs is 1. The summed E-state index contributed by atoms with van der Waals surface area (Å²) < 4.78 is 0. The van der Waals surface area contributed by atoms with Crippen LogP contribution in [0.5, 0.6) is 0 Å². The Labute approximate surface area is 113 Å². The van der Waals surface area contributed by atoms with Gasteiger partial charge in [0.2, 0.25) is 0 Å². The number of rotatable bonds is 2. The van der Waals surface area contributed by atoms with E-state index >= 15 is 0 Å². The number of hydrogen-bond donors (Lipinski definition) is 1. The third-order valence-electron chi connectivity index (χ3n) is 3.49. The van der Waals surface area contributed by atoms with Crippen LogP contribution in [0.3, 0.4) is 0 Å². The summed E-state index contributed by atoms with van der Waals surface area (Å²) in [4.78, 5) is 8.03. The van der Waals surface area contributed by atoms with Crippen LogP contribution in [-0.4, -0.2) is 9.97 Å². The molecular formula is C17H18N2. The molecule has 0 saturated carbocycles. The maximum atomic E-state index is 4.64. The number of aromatic amines is 1. The second kappa shape index (κ2) is 4.54. The molecular weight excluding hydrogens is 232 g/mol. The van der Waals surface area contributed by atoms with Crippen LogP contribution in [0.2, 0.25) is 0 Å². The predicted octanol–water partition coefficient (Wildman–Crippen LogP) is 4.66. The van der Waals surface area contributed by atoms with Gasteiger partial charge in [0.25, 0.3) is 0 Å². The van der Waals surface area contributed by atoms with E-state index in [0.717, 1.165) is 22.4 Å². The minimum Gasteiger partial charge on any atom is -0.338 e. The number of benzene rings is 2. The molecule has 0 aliphatic heterocycles. The number of aromatic nitrogens is 2. The van der Waals surface area contributed by atoms with Gasteiger partial charge >= 0.3 is 0 Å². The van der Waals surface area contributed by atoms with Gasteiger partial charge in [-0.2, -0.15) is 0 Å². The van der Waals surface area contributed by atoms with E-state index in [2.05, 4.69) is 73.2 Å². The van der Waals surface area contributed by atoms with Gasteiger partial charge < -0.3 is 4.98 Å². The van der Waals surface area contributed by atoms with Crippen molar-refractivity contribution in [3.63, 3.8) is 0 Å². The van der Waals surface area contributed by atoms with E-state index in [0.29, 0.717) is 5.92 Å². The van der Waals surface area contributed by atoms with Gasteiger partial charge in [-0.3, -0.25) is 0 Å².